The van der Waals surface area contributed by atoms with Gasteiger partial charge in [-0.1, -0.05) is 29.3 Å². The van der Waals surface area contributed by atoms with Crippen LogP contribution >= 0.6 is 23.2 Å². The summed E-state index contributed by atoms with van der Waals surface area (Å²) < 4.78 is 7.47. The summed E-state index contributed by atoms with van der Waals surface area (Å²) in [6.45, 7) is 5.57. The van der Waals surface area contributed by atoms with E-state index in [1.165, 1.54) is 0 Å². The minimum absolute atomic E-state index is 0.276. The molecule has 0 aliphatic rings. The van der Waals surface area contributed by atoms with E-state index in [4.69, 9.17) is 27.6 Å². The van der Waals surface area contributed by atoms with Gasteiger partial charge in [-0.15, -0.1) is 0 Å². The first-order valence-electron chi connectivity index (χ1n) is 9.69. The highest BCUT2D eigenvalue weighted by atomic mass is 35.5. The molecule has 8 heteroatoms. The molecule has 4 aromatic rings. The van der Waals surface area contributed by atoms with Crippen LogP contribution < -0.4 is 5.32 Å². The topological polar surface area (TPSA) is 73.0 Å². The lowest BCUT2D eigenvalue weighted by atomic mass is 10.1. The van der Waals surface area contributed by atoms with E-state index in [0.29, 0.717) is 32.8 Å². The van der Waals surface area contributed by atoms with E-state index < -0.39 is 0 Å². The third-order valence-corrected chi connectivity index (χ3v) is 5.47. The smallest absolute Gasteiger partial charge is 0.272 e. The van der Waals surface area contributed by atoms with Crippen molar-refractivity contribution >= 4 is 29.1 Å². The van der Waals surface area contributed by atoms with Crippen molar-refractivity contribution in [3.05, 3.63) is 87.5 Å². The number of carbonyl (C=O) groups excluding carboxylic acids is 1. The molecule has 3 aromatic heterocycles. The number of pyridine rings is 1. The van der Waals surface area contributed by atoms with Crippen molar-refractivity contribution in [1.82, 2.24) is 20.1 Å². The van der Waals surface area contributed by atoms with Gasteiger partial charge in [0, 0.05) is 16.8 Å². The van der Waals surface area contributed by atoms with Gasteiger partial charge in [0.15, 0.2) is 11.5 Å². The van der Waals surface area contributed by atoms with Crippen LogP contribution in [0, 0.1) is 13.8 Å². The molecule has 1 N–H and O–H groups in total. The fourth-order valence-corrected chi connectivity index (χ4v) is 3.85. The van der Waals surface area contributed by atoms with Crippen molar-refractivity contribution in [2.75, 3.05) is 0 Å². The number of hydrogen-bond acceptors (Lipinski definition) is 4. The molecule has 0 bridgehead atoms. The van der Waals surface area contributed by atoms with Crippen molar-refractivity contribution in [2.24, 2.45) is 0 Å². The first kappa shape index (κ1) is 21.2. The molecule has 4 rings (SSSR count). The van der Waals surface area contributed by atoms with Crippen LogP contribution in [-0.2, 0) is 0 Å². The van der Waals surface area contributed by atoms with Crippen LogP contribution in [0.5, 0.6) is 0 Å². The molecule has 158 valence electrons. The van der Waals surface area contributed by atoms with Gasteiger partial charge in [0.1, 0.15) is 11.5 Å². The highest BCUT2D eigenvalue weighted by molar-refractivity contribution is 6.35. The van der Waals surface area contributed by atoms with E-state index in [1.54, 1.807) is 29.1 Å². The predicted octanol–water partition coefficient (Wildman–Crippen LogP) is 5.94. The van der Waals surface area contributed by atoms with Crippen molar-refractivity contribution in [3.8, 4) is 17.1 Å². The molecular formula is C23H20Cl2N4O2. The van der Waals surface area contributed by atoms with Gasteiger partial charge in [0.2, 0.25) is 0 Å². The first-order valence-corrected chi connectivity index (χ1v) is 10.4. The number of carbonyl (C=O) groups is 1. The van der Waals surface area contributed by atoms with Gasteiger partial charge in [-0.25, -0.2) is 4.68 Å². The maximum atomic E-state index is 13.1. The summed E-state index contributed by atoms with van der Waals surface area (Å²) in [4.78, 5) is 17.4. The summed E-state index contributed by atoms with van der Waals surface area (Å²) in [6.07, 6.45) is 1.69. The van der Waals surface area contributed by atoms with Crippen LogP contribution in [-0.4, -0.2) is 20.7 Å². The van der Waals surface area contributed by atoms with Crippen molar-refractivity contribution in [1.29, 1.82) is 0 Å². The van der Waals surface area contributed by atoms with Gasteiger partial charge in [0.05, 0.1) is 22.4 Å². The molecule has 0 aliphatic carbocycles. The number of benzene rings is 1. The fraction of sp³-hybridized carbons (Fsp3) is 0.174. The molecular weight excluding hydrogens is 435 g/mol. The summed E-state index contributed by atoms with van der Waals surface area (Å²) in [5.41, 5.74) is 2.95. The zero-order valence-electron chi connectivity index (χ0n) is 17.2. The van der Waals surface area contributed by atoms with E-state index in [1.807, 2.05) is 51.1 Å². The van der Waals surface area contributed by atoms with Gasteiger partial charge in [-0.2, -0.15) is 5.10 Å². The molecule has 0 spiro atoms. The normalized spacial score (nSPS) is 12.0. The molecule has 0 unspecified atom stereocenters. The fourth-order valence-electron chi connectivity index (χ4n) is 3.36. The monoisotopic (exact) mass is 454 g/mol. The number of hydrogen-bond donors (Lipinski definition) is 1. The average Bonchev–Trinajstić information content (AvgIpc) is 3.31. The van der Waals surface area contributed by atoms with Crippen molar-refractivity contribution in [2.45, 2.75) is 26.8 Å². The second-order valence-electron chi connectivity index (χ2n) is 7.19. The molecule has 31 heavy (non-hydrogen) atoms. The van der Waals surface area contributed by atoms with Crippen LogP contribution in [0.25, 0.3) is 17.1 Å². The molecule has 0 radical (unpaired) electrons. The minimum Gasteiger partial charge on any atom is -0.460 e. The Morgan fingerprint density at radius 2 is 1.94 bits per heavy atom. The van der Waals surface area contributed by atoms with E-state index in [9.17, 15) is 4.79 Å². The Bertz CT molecular complexity index is 1250. The Morgan fingerprint density at radius 3 is 2.58 bits per heavy atom. The van der Waals surface area contributed by atoms with Crippen molar-refractivity contribution in [3.63, 3.8) is 0 Å². The van der Waals surface area contributed by atoms with Gasteiger partial charge in [0.25, 0.3) is 5.91 Å². The summed E-state index contributed by atoms with van der Waals surface area (Å²) in [5.74, 6) is 1.02. The zero-order valence-corrected chi connectivity index (χ0v) is 18.7. The molecule has 1 amide bonds. The summed E-state index contributed by atoms with van der Waals surface area (Å²) in [7, 11) is 0. The number of aryl methyl sites for hydroxylation is 1. The SMILES string of the molecule is Cc1ccc(-c2c(C)c(C(=O)N[C@H](C)c3ccccn3)nn2-c2ccc(Cl)cc2Cl)o1. The van der Waals surface area contributed by atoms with E-state index >= 15 is 0 Å². The molecule has 0 aliphatic heterocycles. The molecule has 0 saturated heterocycles. The maximum Gasteiger partial charge on any atom is 0.272 e. The second kappa shape index (κ2) is 8.57. The van der Waals surface area contributed by atoms with Crippen molar-refractivity contribution < 1.29 is 9.21 Å². The summed E-state index contributed by atoms with van der Waals surface area (Å²) >= 11 is 12.5. The zero-order chi connectivity index (χ0) is 22.1. The molecule has 0 fully saturated rings. The highest BCUT2D eigenvalue weighted by Crippen LogP contribution is 2.33. The quantitative estimate of drug-likeness (QED) is 0.404. The number of halogens is 2. The Balaban J connectivity index is 1.79. The number of aromatic nitrogens is 3. The second-order valence-corrected chi connectivity index (χ2v) is 8.03. The standard InChI is InChI=1S/C23H20Cl2N4O2/c1-13-7-10-20(31-13)22-14(2)21(23(30)27-15(3)18-6-4-5-11-26-18)28-29(22)19-9-8-16(24)12-17(19)25/h4-12,15H,1-3H3,(H,27,30)/t15-/m1/s1. The molecule has 1 aromatic carbocycles. The predicted molar refractivity (Wildman–Crippen MR) is 121 cm³/mol. The number of nitrogens with zero attached hydrogens (tertiary/aromatic N) is 3. The minimum atomic E-state index is -0.316. The van der Waals surface area contributed by atoms with Crippen LogP contribution in [0.2, 0.25) is 10.0 Å². The van der Waals surface area contributed by atoms with Crippen LogP contribution in [0.3, 0.4) is 0 Å². The van der Waals surface area contributed by atoms with E-state index in [-0.39, 0.29) is 17.6 Å². The van der Waals surface area contributed by atoms with Crippen LogP contribution in [0.1, 0.15) is 40.5 Å². The average molecular weight is 455 g/mol. The third-order valence-electron chi connectivity index (χ3n) is 4.93. The van der Waals surface area contributed by atoms with Gasteiger partial charge in [-0.05, 0) is 63.2 Å². The van der Waals surface area contributed by atoms with Gasteiger partial charge in [-0.3, -0.25) is 9.78 Å². The highest BCUT2D eigenvalue weighted by Gasteiger charge is 2.26. The number of furan rings is 1. The van der Waals surface area contributed by atoms with E-state index in [0.717, 1.165) is 11.5 Å². The van der Waals surface area contributed by atoms with E-state index in [2.05, 4.69) is 15.4 Å². The summed E-state index contributed by atoms with van der Waals surface area (Å²) in [6, 6.07) is 14.1. The van der Waals surface area contributed by atoms with Crippen LogP contribution in [0.4, 0.5) is 0 Å². The molecule has 6 nitrogen and oxygen atoms in total. The largest absolute Gasteiger partial charge is 0.460 e. The number of nitrogens with one attached hydrogen (secondary N) is 1. The first-order chi connectivity index (χ1) is 14.8. The number of rotatable bonds is 5. The molecule has 3 heterocycles. The summed E-state index contributed by atoms with van der Waals surface area (Å²) in [5, 5.41) is 8.48. The van der Waals surface area contributed by atoms with Crippen LogP contribution in [0.15, 0.2) is 59.1 Å². The lowest BCUT2D eigenvalue weighted by molar-refractivity contribution is 0.0933. The molecule has 1 atom stereocenters. The lowest BCUT2D eigenvalue weighted by Crippen LogP contribution is -2.28. The maximum absolute atomic E-state index is 13.1. The third kappa shape index (κ3) is 4.22. The Kier molecular flexibility index (Phi) is 5.85. The van der Waals surface area contributed by atoms with Gasteiger partial charge < -0.3 is 9.73 Å². The lowest BCUT2D eigenvalue weighted by Gasteiger charge is -2.12. The Labute approximate surface area is 189 Å². The Hall–Kier alpha value is -3.09. The number of amides is 1. The molecule has 0 saturated carbocycles. The van der Waals surface area contributed by atoms with Gasteiger partial charge >= 0.3 is 0 Å². The Morgan fingerprint density at radius 1 is 1.13 bits per heavy atom.